The summed E-state index contributed by atoms with van der Waals surface area (Å²) in [6, 6.07) is 9.43. The van der Waals surface area contributed by atoms with Crippen LogP contribution in [0.1, 0.15) is 23.2 Å². The zero-order chi connectivity index (χ0) is 21.5. The number of halogens is 2. The highest BCUT2D eigenvalue weighted by atomic mass is 32.2. The van der Waals surface area contributed by atoms with Gasteiger partial charge in [0.2, 0.25) is 10.0 Å². The Bertz CT molecular complexity index is 1060. The number of ether oxygens (including phenoxy) is 1. The molecule has 30 heavy (non-hydrogen) atoms. The van der Waals surface area contributed by atoms with Crippen LogP contribution in [0.2, 0.25) is 0 Å². The summed E-state index contributed by atoms with van der Waals surface area (Å²) < 4.78 is 58.8. The van der Waals surface area contributed by atoms with Crippen LogP contribution in [-0.2, 0) is 10.0 Å². The van der Waals surface area contributed by atoms with Crippen molar-refractivity contribution in [3.8, 4) is 5.75 Å². The quantitative estimate of drug-likeness (QED) is 0.739. The van der Waals surface area contributed by atoms with Gasteiger partial charge in [0.15, 0.2) is 11.6 Å². The van der Waals surface area contributed by atoms with E-state index in [-0.39, 0.29) is 21.8 Å². The van der Waals surface area contributed by atoms with E-state index < -0.39 is 21.7 Å². The van der Waals surface area contributed by atoms with Gasteiger partial charge in [0.25, 0.3) is 5.91 Å². The number of benzene rings is 2. The van der Waals surface area contributed by atoms with Gasteiger partial charge in [-0.25, -0.2) is 17.2 Å². The molecule has 0 aliphatic carbocycles. The Labute approximate surface area is 174 Å². The highest BCUT2D eigenvalue weighted by Crippen LogP contribution is 2.42. The lowest BCUT2D eigenvalue weighted by Crippen LogP contribution is -2.62. The molecule has 1 amide bonds. The van der Waals surface area contributed by atoms with Gasteiger partial charge < -0.3 is 9.64 Å². The molecular formula is C21H22F2N2O4S. The topological polar surface area (TPSA) is 66.9 Å². The van der Waals surface area contributed by atoms with Crippen molar-refractivity contribution in [2.24, 2.45) is 5.41 Å². The molecule has 0 unspecified atom stereocenters. The van der Waals surface area contributed by atoms with Gasteiger partial charge in [-0.3, -0.25) is 4.79 Å². The molecular weight excluding hydrogens is 414 g/mol. The first-order chi connectivity index (χ1) is 14.2. The van der Waals surface area contributed by atoms with Crippen LogP contribution in [0.5, 0.6) is 5.75 Å². The van der Waals surface area contributed by atoms with E-state index in [1.807, 2.05) is 0 Å². The van der Waals surface area contributed by atoms with E-state index in [4.69, 9.17) is 4.74 Å². The van der Waals surface area contributed by atoms with Crippen LogP contribution >= 0.6 is 0 Å². The van der Waals surface area contributed by atoms with Crippen molar-refractivity contribution < 1.29 is 26.7 Å². The van der Waals surface area contributed by atoms with Crippen LogP contribution in [0, 0.1) is 17.0 Å². The number of amides is 1. The maximum Gasteiger partial charge on any atom is 0.253 e. The van der Waals surface area contributed by atoms with Crippen molar-refractivity contribution in [3.05, 3.63) is 59.7 Å². The van der Waals surface area contributed by atoms with Crippen LogP contribution in [-0.4, -0.2) is 56.8 Å². The van der Waals surface area contributed by atoms with Gasteiger partial charge in [0.1, 0.15) is 5.75 Å². The van der Waals surface area contributed by atoms with Gasteiger partial charge in [0.05, 0.1) is 12.0 Å². The zero-order valence-corrected chi connectivity index (χ0v) is 17.3. The summed E-state index contributed by atoms with van der Waals surface area (Å²) in [5.41, 5.74) is -0.0107. The molecule has 9 heteroatoms. The fraction of sp³-hybridized carbons (Fsp3) is 0.381. The number of sulfonamides is 1. The van der Waals surface area contributed by atoms with Crippen LogP contribution in [0.3, 0.4) is 0 Å². The van der Waals surface area contributed by atoms with Gasteiger partial charge in [-0.2, -0.15) is 4.31 Å². The Balaban J connectivity index is 1.37. The summed E-state index contributed by atoms with van der Waals surface area (Å²) in [7, 11) is -2.06. The SMILES string of the molecule is COc1ccc(S(=O)(=O)N2CCC3(CC2)CN(C(=O)c2ccc(F)c(F)c2)C3)cc1. The van der Waals surface area contributed by atoms with Gasteiger partial charge in [-0.15, -0.1) is 0 Å². The smallest absolute Gasteiger partial charge is 0.253 e. The molecule has 2 aliphatic heterocycles. The van der Waals surface area contributed by atoms with Gasteiger partial charge in [-0.1, -0.05) is 0 Å². The average Bonchev–Trinajstić information content (AvgIpc) is 2.73. The van der Waals surface area contributed by atoms with E-state index in [0.717, 1.165) is 12.1 Å². The van der Waals surface area contributed by atoms with E-state index in [9.17, 15) is 22.0 Å². The van der Waals surface area contributed by atoms with Crippen molar-refractivity contribution in [3.63, 3.8) is 0 Å². The number of methoxy groups -OCH3 is 1. The molecule has 4 rings (SSSR count). The molecule has 160 valence electrons. The molecule has 2 saturated heterocycles. The first kappa shape index (κ1) is 20.7. The predicted octanol–water partition coefficient (Wildman–Crippen LogP) is 2.90. The van der Waals surface area contributed by atoms with Crippen molar-refractivity contribution in [2.45, 2.75) is 17.7 Å². The molecule has 0 N–H and O–H groups in total. The summed E-state index contributed by atoms with van der Waals surface area (Å²) in [6.45, 7) is 1.73. The lowest BCUT2D eigenvalue weighted by molar-refractivity contribution is -0.0212. The number of hydrogen-bond acceptors (Lipinski definition) is 4. The zero-order valence-electron chi connectivity index (χ0n) is 16.5. The average molecular weight is 436 g/mol. The van der Waals surface area contributed by atoms with Crippen molar-refractivity contribution in [2.75, 3.05) is 33.3 Å². The molecule has 1 spiro atoms. The normalized spacial score (nSPS) is 18.8. The first-order valence-electron chi connectivity index (χ1n) is 9.63. The van der Waals surface area contributed by atoms with Crippen LogP contribution in [0.15, 0.2) is 47.4 Å². The molecule has 0 saturated carbocycles. The molecule has 0 bridgehead atoms. The number of nitrogens with zero attached hydrogens (tertiary/aromatic N) is 2. The van der Waals surface area contributed by atoms with E-state index in [0.29, 0.717) is 44.8 Å². The molecule has 2 heterocycles. The summed E-state index contributed by atoms with van der Waals surface area (Å²) in [6.07, 6.45) is 1.29. The standard InChI is InChI=1S/C21H22F2N2O4S/c1-29-16-3-5-17(6-4-16)30(27,28)25-10-8-21(9-11-25)13-24(14-21)20(26)15-2-7-18(22)19(23)12-15/h2-7,12H,8-11,13-14H2,1H3. The Kier molecular flexibility index (Phi) is 5.27. The number of rotatable bonds is 4. The van der Waals surface area contributed by atoms with Crippen molar-refractivity contribution >= 4 is 15.9 Å². The second-order valence-corrected chi connectivity index (χ2v) is 9.81. The second kappa shape index (κ2) is 7.63. The lowest BCUT2D eigenvalue weighted by atomic mass is 9.72. The van der Waals surface area contributed by atoms with Gasteiger partial charge in [0, 0.05) is 37.2 Å². The largest absolute Gasteiger partial charge is 0.497 e. The highest BCUT2D eigenvalue weighted by Gasteiger charge is 2.48. The van der Waals surface area contributed by atoms with Gasteiger partial charge >= 0.3 is 0 Å². The lowest BCUT2D eigenvalue weighted by Gasteiger charge is -2.53. The summed E-state index contributed by atoms with van der Waals surface area (Å²) in [5.74, 6) is -1.79. The van der Waals surface area contributed by atoms with Gasteiger partial charge in [-0.05, 0) is 55.3 Å². The second-order valence-electron chi connectivity index (χ2n) is 7.87. The van der Waals surface area contributed by atoms with E-state index in [1.54, 1.807) is 17.0 Å². The number of carbonyl (C=O) groups excluding carboxylic acids is 1. The van der Waals surface area contributed by atoms with Crippen LogP contribution < -0.4 is 4.74 Å². The molecule has 2 fully saturated rings. The highest BCUT2D eigenvalue weighted by molar-refractivity contribution is 7.89. The fourth-order valence-electron chi connectivity index (χ4n) is 4.13. The van der Waals surface area contributed by atoms with Crippen molar-refractivity contribution in [1.82, 2.24) is 9.21 Å². The van der Waals surface area contributed by atoms with E-state index >= 15 is 0 Å². The first-order valence-corrected chi connectivity index (χ1v) is 11.1. The molecule has 0 radical (unpaired) electrons. The fourth-order valence-corrected chi connectivity index (χ4v) is 5.57. The monoisotopic (exact) mass is 436 g/mol. The Morgan fingerprint density at radius 1 is 1.00 bits per heavy atom. The molecule has 0 atom stereocenters. The van der Waals surface area contributed by atoms with Crippen molar-refractivity contribution in [1.29, 1.82) is 0 Å². The predicted molar refractivity (Wildman–Crippen MR) is 106 cm³/mol. The molecule has 2 aromatic rings. The van der Waals surface area contributed by atoms with E-state index in [2.05, 4.69) is 0 Å². The summed E-state index contributed by atoms with van der Waals surface area (Å²) in [5, 5.41) is 0. The summed E-state index contributed by atoms with van der Waals surface area (Å²) >= 11 is 0. The number of piperidine rings is 1. The number of likely N-dealkylation sites (tertiary alicyclic amines) is 1. The third-order valence-electron chi connectivity index (χ3n) is 5.99. The van der Waals surface area contributed by atoms with Crippen LogP contribution in [0.25, 0.3) is 0 Å². The Morgan fingerprint density at radius 3 is 2.20 bits per heavy atom. The Morgan fingerprint density at radius 2 is 1.63 bits per heavy atom. The minimum atomic E-state index is -3.58. The maximum absolute atomic E-state index is 13.4. The number of hydrogen-bond donors (Lipinski definition) is 0. The summed E-state index contributed by atoms with van der Waals surface area (Å²) in [4.78, 5) is 14.3. The number of carbonyl (C=O) groups is 1. The maximum atomic E-state index is 13.4. The Hall–Kier alpha value is -2.52. The third-order valence-corrected chi connectivity index (χ3v) is 7.90. The van der Waals surface area contributed by atoms with Crippen LogP contribution in [0.4, 0.5) is 8.78 Å². The molecule has 2 aromatic carbocycles. The molecule has 0 aromatic heterocycles. The molecule has 6 nitrogen and oxygen atoms in total. The van der Waals surface area contributed by atoms with E-state index in [1.165, 1.54) is 29.6 Å². The molecule has 2 aliphatic rings. The minimum Gasteiger partial charge on any atom is -0.497 e. The minimum absolute atomic E-state index is 0.114. The third kappa shape index (κ3) is 3.67.